The number of aryl methyl sites for hydroxylation is 3. The molecule has 29 heavy (non-hydrogen) atoms. The number of tetrazole rings is 1. The highest BCUT2D eigenvalue weighted by Crippen LogP contribution is 2.21. The maximum Gasteiger partial charge on any atom is 0.245 e. The van der Waals surface area contributed by atoms with Crippen molar-refractivity contribution in [2.24, 2.45) is 0 Å². The van der Waals surface area contributed by atoms with E-state index in [2.05, 4.69) is 26.2 Å². The summed E-state index contributed by atoms with van der Waals surface area (Å²) in [5.41, 5.74) is 4.85. The van der Waals surface area contributed by atoms with Crippen molar-refractivity contribution < 1.29 is 9.59 Å². The first kappa shape index (κ1) is 20.2. The second-order valence-corrected chi connectivity index (χ2v) is 7.04. The summed E-state index contributed by atoms with van der Waals surface area (Å²) in [6.07, 6.45) is 1.81. The van der Waals surface area contributed by atoms with Gasteiger partial charge in [0.1, 0.15) is 12.4 Å². The molecule has 0 saturated heterocycles. The molecule has 0 bridgehead atoms. The largest absolute Gasteiger partial charge is 0.345 e. The summed E-state index contributed by atoms with van der Waals surface area (Å²) in [5, 5.41) is 16.7. The van der Waals surface area contributed by atoms with Crippen molar-refractivity contribution in [2.75, 3.05) is 11.9 Å². The van der Waals surface area contributed by atoms with Crippen LogP contribution in [-0.2, 0) is 16.0 Å². The van der Waals surface area contributed by atoms with Crippen molar-refractivity contribution in [1.82, 2.24) is 25.5 Å². The first-order chi connectivity index (χ1) is 13.9. The zero-order valence-electron chi connectivity index (χ0n) is 16.7. The molecule has 0 fully saturated rings. The van der Waals surface area contributed by atoms with Gasteiger partial charge in [-0.1, -0.05) is 48.0 Å². The number of benzene rings is 2. The van der Waals surface area contributed by atoms with Crippen LogP contribution in [0.25, 0.3) is 0 Å². The van der Waals surface area contributed by atoms with Crippen LogP contribution in [0, 0.1) is 20.8 Å². The standard InChI is InChI=1S/C21H24N6O2/c1-14-9-15(2)20(16(3)10-14)24-19(28)12-22-21(29)18(27-13-23-25-26-27)11-17-7-5-4-6-8-17/h4-10,13,18H,11-12H2,1-3H3,(H,22,29)(H,24,28). The van der Waals surface area contributed by atoms with Gasteiger partial charge in [0, 0.05) is 12.1 Å². The van der Waals surface area contributed by atoms with Crippen LogP contribution in [0.15, 0.2) is 48.8 Å². The lowest BCUT2D eigenvalue weighted by atomic mass is 10.0. The quantitative estimate of drug-likeness (QED) is 0.641. The van der Waals surface area contributed by atoms with E-state index in [0.29, 0.717) is 6.42 Å². The van der Waals surface area contributed by atoms with Crippen molar-refractivity contribution in [1.29, 1.82) is 0 Å². The summed E-state index contributed by atoms with van der Waals surface area (Å²) >= 11 is 0. The smallest absolute Gasteiger partial charge is 0.245 e. The highest BCUT2D eigenvalue weighted by molar-refractivity contribution is 5.96. The zero-order valence-corrected chi connectivity index (χ0v) is 16.7. The van der Waals surface area contributed by atoms with E-state index in [1.54, 1.807) is 0 Å². The fourth-order valence-electron chi connectivity index (χ4n) is 3.30. The predicted molar refractivity (Wildman–Crippen MR) is 109 cm³/mol. The molecule has 8 heteroatoms. The number of carbonyl (C=O) groups is 2. The maximum absolute atomic E-state index is 12.8. The van der Waals surface area contributed by atoms with Crippen LogP contribution in [-0.4, -0.2) is 38.6 Å². The van der Waals surface area contributed by atoms with Crippen LogP contribution in [0.4, 0.5) is 5.69 Å². The van der Waals surface area contributed by atoms with Gasteiger partial charge in [0.25, 0.3) is 0 Å². The number of hydrogen-bond acceptors (Lipinski definition) is 5. The Balaban J connectivity index is 1.65. The monoisotopic (exact) mass is 392 g/mol. The van der Waals surface area contributed by atoms with Gasteiger partial charge in [-0.05, 0) is 47.9 Å². The van der Waals surface area contributed by atoms with Crippen LogP contribution in [0.2, 0.25) is 0 Å². The van der Waals surface area contributed by atoms with E-state index in [1.165, 1.54) is 11.0 Å². The summed E-state index contributed by atoms with van der Waals surface area (Å²) in [6.45, 7) is 5.76. The first-order valence-electron chi connectivity index (χ1n) is 9.36. The highest BCUT2D eigenvalue weighted by Gasteiger charge is 2.23. The molecular weight excluding hydrogens is 368 g/mol. The number of rotatable bonds is 7. The average Bonchev–Trinajstić information content (AvgIpc) is 3.22. The molecule has 0 aliphatic carbocycles. The Bertz CT molecular complexity index is 963. The fourth-order valence-corrected chi connectivity index (χ4v) is 3.30. The molecule has 3 aromatic rings. The summed E-state index contributed by atoms with van der Waals surface area (Å²) < 4.78 is 1.40. The van der Waals surface area contributed by atoms with Gasteiger partial charge >= 0.3 is 0 Å². The maximum atomic E-state index is 12.8. The SMILES string of the molecule is Cc1cc(C)c(NC(=O)CNC(=O)C(Cc2ccccc2)n2cnnn2)c(C)c1. The second kappa shape index (κ2) is 9.09. The van der Waals surface area contributed by atoms with Gasteiger partial charge in [-0.15, -0.1) is 5.10 Å². The van der Waals surface area contributed by atoms with Gasteiger partial charge in [0.15, 0.2) is 0 Å². The Morgan fingerprint density at radius 1 is 1.07 bits per heavy atom. The molecule has 0 saturated carbocycles. The molecule has 1 heterocycles. The molecule has 2 aromatic carbocycles. The van der Waals surface area contributed by atoms with E-state index in [4.69, 9.17) is 0 Å². The number of hydrogen-bond donors (Lipinski definition) is 2. The second-order valence-electron chi connectivity index (χ2n) is 7.04. The Hall–Kier alpha value is -3.55. The van der Waals surface area contributed by atoms with E-state index in [9.17, 15) is 9.59 Å². The van der Waals surface area contributed by atoms with Gasteiger partial charge in [-0.25, -0.2) is 4.68 Å². The fraction of sp³-hybridized carbons (Fsp3) is 0.286. The minimum atomic E-state index is -0.650. The predicted octanol–water partition coefficient (Wildman–Crippen LogP) is 2.14. The van der Waals surface area contributed by atoms with E-state index < -0.39 is 6.04 Å². The van der Waals surface area contributed by atoms with Gasteiger partial charge in [0.2, 0.25) is 11.8 Å². The molecule has 8 nitrogen and oxygen atoms in total. The van der Waals surface area contributed by atoms with Crippen molar-refractivity contribution >= 4 is 17.5 Å². The molecule has 2 amide bonds. The normalized spacial score (nSPS) is 11.7. The lowest BCUT2D eigenvalue weighted by Crippen LogP contribution is -2.39. The van der Waals surface area contributed by atoms with Gasteiger partial charge in [0.05, 0.1) is 6.54 Å². The topological polar surface area (TPSA) is 102 Å². The van der Waals surface area contributed by atoms with E-state index >= 15 is 0 Å². The lowest BCUT2D eigenvalue weighted by Gasteiger charge is -2.17. The molecule has 0 radical (unpaired) electrons. The summed E-state index contributed by atoms with van der Waals surface area (Å²) in [5.74, 6) is -0.614. The van der Waals surface area contributed by atoms with Crippen LogP contribution in [0.3, 0.4) is 0 Å². The lowest BCUT2D eigenvalue weighted by molar-refractivity contribution is -0.127. The molecule has 0 aliphatic rings. The third-order valence-corrected chi connectivity index (χ3v) is 4.62. The highest BCUT2D eigenvalue weighted by atomic mass is 16.2. The first-order valence-corrected chi connectivity index (χ1v) is 9.36. The Labute approximate surface area is 169 Å². The summed E-state index contributed by atoms with van der Waals surface area (Å²) in [7, 11) is 0. The number of amides is 2. The molecule has 1 atom stereocenters. The number of nitrogens with one attached hydrogen (secondary N) is 2. The molecule has 1 unspecified atom stereocenters. The van der Waals surface area contributed by atoms with Crippen LogP contribution >= 0.6 is 0 Å². The van der Waals surface area contributed by atoms with Crippen molar-refractivity contribution in [2.45, 2.75) is 33.2 Å². The van der Waals surface area contributed by atoms with Crippen LogP contribution < -0.4 is 10.6 Å². The minimum Gasteiger partial charge on any atom is -0.345 e. The zero-order chi connectivity index (χ0) is 20.8. The number of carbonyl (C=O) groups excluding carboxylic acids is 2. The van der Waals surface area contributed by atoms with Crippen molar-refractivity contribution in [3.05, 3.63) is 71.0 Å². The van der Waals surface area contributed by atoms with Crippen molar-refractivity contribution in [3.8, 4) is 0 Å². The third kappa shape index (κ3) is 5.25. The molecular formula is C21H24N6O2. The molecule has 0 aliphatic heterocycles. The molecule has 3 rings (SSSR count). The summed E-state index contributed by atoms with van der Waals surface area (Å²) in [6, 6.07) is 13.0. The summed E-state index contributed by atoms with van der Waals surface area (Å²) in [4.78, 5) is 25.2. The van der Waals surface area contributed by atoms with Crippen LogP contribution in [0.1, 0.15) is 28.3 Å². The van der Waals surface area contributed by atoms with E-state index in [1.807, 2.05) is 63.2 Å². The van der Waals surface area contributed by atoms with Gasteiger partial charge < -0.3 is 10.6 Å². The van der Waals surface area contributed by atoms with Gasteiger partial charge in [-0.3, -0.25) is 9.59 Å². The number of anilines is 1. The molecule has 1 aromatic heterocycles. The van der Waals surface area contributed by atoms with E-state index in [-0.39, 0.29) is 18.4 Å². The molecule has 0 spiro atoms. The molecule has 150 valence electrons. The van der Waals surface area contributed by atoms with E-state index in [0.717, 1.165) is 27.9 Å². The molecule has 2 N–H and O–H groups in total. The Morgan fingerprint density at radius 2 is 1.76 bits per heavy atom. The number of aromatic nitrogens is 4. The average molecular weight is 392 g/mol. The Kier molecular flexibility index (Phi) is 6.33. The Morgan fingerprint density at radius 3 is 2.38 bits per heavy atom. The van der Waals surface area contributed by atoms with Gasteiger partial charge in [-0.2, -0.15) is 0 Å². The third-order valence-electron chi connectivity index (χ3n) is 4.62. The van der Waals surface area contributed by atoms with Crippen LogP contribution in [0.5, 0.6) is 0 Å². The number of nitrogens with zero attached hydrogens (tertiary/aromatic N) is 4. The minimum absolute atomic E-state index is 0.140. The van der Waals surface area contributed by atoms with Crippen molar-refractivity contribution in [3.63, 3.8) is 0 Å².